The standard InChI is InChI=1S/C19H28N2O/c1-14-10-15(2)18(16(3)11-14)13-20-8-4-6-17(12-20)21-9-5-7-19(21)22/h10-11,17H,4-9,12-13H2,1-3H3. The van der Waals surface area contributed by atoms with Crippen molar-refractivity contribution >= 4 is 5.91 Å². The maximum absolute atomic E-state index is 12.0. The van der Waals surface area contributed by atoms with Crippen LogP contribution >= 0.6 is 0 Å². The first-order chi connectivity index (χ1) is 10.5. The van der Waals surface area contributed by atoms with Gasteiger partial charge in [0.2, 0.25) is 5.91 Å². The van der Waals surface area contributed by atoms with Gasteiger partial charge in [-0.15, -0.1) is 0 Å². The van der Waals surface area contributed by atoms with E-state index in [0.717, 1.165) is 39.0 Å². The molecule has 3 heteroatoms. The zero-order chi connectivity index (χ0) is 15.7. The minimum atomic E-state index is 0.370. The van der Waals surface area contributed by atoms with E-state index in [1.807, 2.05) is 0 Å². The summed E-state index contributed by atoms with van der Waals surface area (Å²) in [5.41, 5.74) is 5.62. The molecular weight excluding hydrogens is 272 g/mol. The summed E-state index contributed by atoms with van der Waals surface area (Å²) in [5, 5.41) is 0. The Labute approximate surface area is 134 Å². The smallest absolute Gasteiger partial charge is 0.222 e. The Kier molecular flexibility index (Phi) is 4.53. The molecule has 0 N–H and O–H groups in total. The molecule has 3 rings (SSSR count). The van der Waals surface area contributed by atoms with Gasteiger partial charge < -0.3 is 4.90 Å². The third kappa shape index (κ3) is 3.19. The summed E-state index contributed by atoms with van der Waals surface area (Å²) >= 11 is 0. The third-order valence-electron chi connectivity index (χ3n) is 5.25. The lowest BCUT2D eigenvalue weighted by Gasteiger charge is -2.38. The van der Waals surface area contributed by atoms with Gasteiger partial charge in [0, 0.05) is 32.1 Å². The second kappa shape index (κ2) is 6.41. The molecule has 1 atom stereocenters. The maximum Gasteiger partial charge on any atom is 0.222 e. The molecule has 1 amide bonds. The van der Waals surface area contributed by atoms with Gasteiger partial charge in [-0.1, -0.05) is 17.7 Å². The molecule has 1 aromatic carbocycles. The van der Waals surface area contributed by atoms with E-state index >= 15 is 0 Å². The van der Waals surface area contributed by atoms with E-state index in [4.69, 9.17) is 0 Å². The number of rotatable bonds is 3. The van der Waals surface area contributed by atoms with Crippen molar-refractivity contribution in [2.75, 3.05) is 19.6 Å². The summed E-state index contributed by atoms with van der Waals surface area (Å²) in [5.74, 6) is 0.370. The van der Waals surface area contributed by atoms with E-state index in [9.17, 15) is 4.79 Å². The van der Waals surface area contributed by atoms with Gasteiger partial charge in [0.25, 0.3) is 0 Å². The number of carbonyl (C=O) groups excluding carboxylic acids is 1. The fraction of sp³-hybridized carbons (Fsp3) is 0.632. The Bertz CT molecular complexity index is 544. The molecule has 1 unspecified atom stereocenters. The van der Waals surface area contributed by atoms with Gasteiger partial charge in [-0.3, -0.25) is 9.69 Å². The molecule has 2 saturated heterocycles. The highest BCUT2D eigenvalue weighted by Gasteiger charge is 2.31. The molecule has 2 heterocycles. The lowest BCUT2D eigenvalue weighted by atomic mass is 9.97. The van der Waals surface area contributed by atoms with E-state index in [1.165, 1.54) is 35.1 Å². The van der Waals surface area contributed by atoms with Gasteiger partial charge in [0.1, 0.15) is 0 Å². The number of aryl methyl sites for hydroxylation is 3. The van der Waals surface area contributed by atoms with Crippen molar-refractivity contribution in [3.05, 3.63) is 34.4 Å². The Balaban J connectivity index is 1.69. The molecule has 2 fully saturated rings. The van der Waals surface area contributed by atoms with Crippen LogP contribution in [0, 0.1) is 20.8 Å². The van der Waals surface area contributed by atoms with Crippen LogP contribution in [0.2, 0.25) is 0 Å². The second-order valence-corrected chi connectivity index (χ2v) is 7.10. The lowest BCUT2D eigenvalue weighted by molar-refractivity contribution is -0.130. The minimum Gasteiger partial charge on any atom is -0.338 e. The summed E-state index contributed by atoms with van der Waals surface area (Å²) in [6.45, 7) is 10.8. The van der Waals surface area contributed by atoms with Crippen molar-refractivity contribution in [2.45, 2.75) is 59.0 Å². The summed E-state index contributed by atoms with van der Waals surface area (Å²) < 4.78 is 0. The number of hydrogen-bond donors (Lipinski definition) is 0. The largest absolute Gasteiger partial charge is 0.338 e. The summed E-state index contributed by atoms with van der Waals surface area (Å²) in [6.07, 6.45) is 4.19. The summed E-state index contributed by atoms with van der Waals surface area (Å²) in [4.78, 5) is 16.7. The SMILES string of the molecule is Cc1cc(C)c(CN2CCCC(N3CCCC3=O)C2)c(C)c1. The lowest BCUT2D eigenvalue weighted by Crippen LogP contribution is -2.48. The monoisotopic (exact) mass is 300 g/mol. The van der Waals surface area contributed by atoms with Gasteiger partial charge >= 0.3 is 0 Å². The quantitative estimate of drug-likeness (QED) is 0.856. The zero-order valence-electron chi connectivity index (χ0n) is 14.2. The fourth-order valence-corrected chi connectivity index (χ4v) is 4.17. The number of carbonyl (C=O) groups is 1. The highest BCUT2D eigenvalue weighted by molar-refractivity contribution is 5.78. The maximum atomic E-state index is 12.0. The van der Waals surface area contributed by atoms with Gasteiger partial charge in [0.15, 0.2) is 0 Å². The van der Waals surface area contributed by atoms with Crippen molar-refractivity contribution in [1.82, 2.24) is 9.80 Å². The van der Waals surface area contributed by atoms with Crippen LogP contribution in [-0.2, 0) is 11.3 Å². The average molecular weight is 300 g/mol. The second-order valence-electron chi connectivity index (χ2n) is 7.10. The van der Waals surface area contributed by atoms with Gasteiger partial charge in [0.05, 0.1) is 0 Å². The molecule has 2 aliphatic rings. The van der Waals surface area contributed by atoms with Crippen LogP contribution in [0.4, 0.5) is 0 Å². The first-order valence-corrected chi connectivity index (χ1v) is 8.63. The van der Waals surface area contributed by atoms with Crippen LogP contribution in [-0.4, -0.2) is 41.4 Å². The Morgan fingerprint density at radius 3 is 2.45 bits per heavy atom. The molecule has 0 saturated carbocycles. The number of likely N-dealkylation sites (tertiary alicyclic amines) is 2. The first kappa shape index (κ1) is 15.5. The predicted octanol–water partition coefficient (Wildman–Crippen LogP) is 3.20. The van der Waals surface area contributed by atoms with Crippen LogP contribution in [0.1, 0.15) is 47.9 Å². The average Bonchev–Trinajstić information content (AvgIpc) is 2.89. The highest BCUT2D eigenvalue weighted by atomic mass is 16.2. The minimum absolute atomic E-state index is 0.370. The van der Waals surface area contributed by atoms with Crippen LogP contribution < -0.4 is 0 Å². The van der Waals surface area contributed by atoms with Crippen LogP contribution in [0.5, 0.6) is 0 Å². The van der Waals surface area contributed by atoms with Gasteiger partial charge in [-0.05, 0) is 63.3 Å². The molecule has 0 aromatic heterocycles. The summed E-state index contributed by atoms with van der Waals surface area (Å²) in [7, 11) is 0. The number of nitrogens with zero attached hydrogens (tertiary/aromatic N) is 2. The Hall–Kier alpha value is -1.35. The summed E-state index contributed by atoms with van der Waals surface area (Å²) in [6, 6.07) is 5.01. The fourth-order valence-electron chi connectivity index (χ4n) is 4.17. The van der Waals surface area contributed by atoms with E-state index in [1.54, 1.807) is 0 Å². The molecule has 120 valence electrons. The van der Waals surface area contributed by atoms with E-state index < -0.39 is 0 Å². The molecule has 0 spiro atoms. The topological polar surface area (TPSA) is 23.6 Å². The van der Waals surface area contributed by atoms with Gasteiger partial charge in [-0.25, -0.2) is 0 Å². The first-order valence-electron chi connectivity index (χ1n) is 8.63. The highest BCUT2D eigenvalue weighted by Crippen LogP contribution is 2.24. The number of amides is 1. The van der Waals surface area contributed by atoms with Crippen LogP contribution in [0.15, 0.2) is 12.1 Å². The van der Waals surface area contributed by atoms with Gasteiger partial charge in [-0.2, -0.15) is 0 Å². The van der Waals surface area contributed by atoms with E-state index in [2.05, 4.69) is 42.7 Å². The predicted molar refractivity (Wildman–Crippen MR) is 89.9 cm³/mol. The molecular formula is C19H28N2O. The number of hydrogen-bond acceptors (Lipinski definition) is 2. The van der Waals surface area contributed by atoms with Crippen LogP contribution in [0.3, 0.4) is 0 Å². The molecule has 2 aliphatic heterocycles. The normalized spacial score (nSPS) is 23.3. The third-order valence-corrected chi connectivity index (χ3v) is 5.25. The van der Waals surface area contributed by atoms with Crippen molar-refractivity contribution < 1.29 is 4.79 Å². The van der Waals surface area contributed by atoms with Crippen molar-refractivity contribution in [1.29, 1.82) is 0 Å². The molecule has 1 aromatic rings. The Morgan fingerprint density at radius 1 is 1.09 bits per heavy atom. The molecule has 3 nitrogen and oxygen atoms in total. The zero-order valence-corrected chi connectivity index (χ0v) is 14.2. The molecule has 0 bridgehead atoms. The Morgan fingerprint density at radius 2 is 1.82 bits per heavy atom. The molecule has 0 radical (unpaired) electrons. The van der Waals surface area contributed by atoms with Crippen molar-refractivity contribution in [2.24, 2.45) is 0 Å². The molecule has 22 heavy (non-hydrogen) atoms. The van der Waals surface area contributed by atoms with Crippen LogP contribution in [0.25, 0.3) is 0 Å². The van der Waals surface area contributed by atoms with Crippen molar-refractivity contribution in [3.8, 4) is 0 Å². The van der Waals surface area contributed by atoms with E-state index in [-0.39, 0.29) is 0 Å². The molecule has 0 aliphatic carbocycles. The number of piperidine rings is 1. The van der Waals surface area contributed by atoms with E-state index in [0.29, 0.717) is 11.9 Å². The van der Waals surface area contributed by atoms with Crippen molar-refractivity contribution in [3.63, 3.8) is 0 Å². The number of benzene rings is 1.